The molecule has 2 rings (SSSR count). The van der Waals surface area contributed by atoms with Gasteiger partial charge in [0.15, 0.2) is 0 Å². The summed E-state index contributed by atoms with van der Waals surface area (Å²) in [5.74, 6) is -0.748. The Kier molecular flexibility index (Phi) is 7.45. The van der Waals surface area contributed by atoms with Crippen molar-refractivity contribution < 1.29 is 14.5 Å². The van der Waals surface area contributed by atoms with Gasteiger partial charge in [-0.05, 0) is 55.8 Å². The summed E-state index contributed by atoms with van der Waals surface area (Å²) in [6.07, 6.45) is 1.51. The van der Waals surface area contributed by atoms with E-state index in [4.69, 9.17) is 0 Å². The Hall–Kier alpha value is -3.00. The second-order valence-electron chi connectivity index (χ2n) is 5.85. The van der Waals surface area contributed by atoms with Crippen molar-refractivity contribution in [1.82, 2.24) is 10.2 Å². The van der Waals surface area contributed by atoms with Gasteiger partial charge in [0.2, 0.25) is 0 Å². The third-order valence-corrected chi connectivity index (χ3v) is 4.52. The van der Waals surface area contributed by atoms with Crippen LogP contribution in [-0.4, -0.2) is 34.7 Å². The Morgan fingerprint density at radius 1 is 1.14 bits per heavy atom. The minimum absolute atomic E-state index is 0.0491. The number of rotatable bonds is 7. The van der Waals surface area contributed by atoms with Crippen molar-refractivity contribution in [2.75, 3.05) is 13.1 Å². The molecule has 1 N–H and O–H groups in total. The highest BCUT2D eigenvalue weighted by Gasteiger charge is 2.19. The van der Waals surface area contributed by atoms with Gasteiger partial charge in [-0.1, -0.05) is 22.0 Å². The van der Waals surface area contributed by atoms with Gasteiger partial charge in [-0.3, -0.25) is 19.7 Å². The average Bonchev–Trinajstić information content (AvgIpc) is 2.68. The maximum absolute atomic E-state index is 12.8. The first kappa shape index (κ1) is 21.3. The number of benzene rings is 2. The topological polar surface area (TPSA) is 92.6 Å². The molecule has 0 aliphatic rings. The van der Waals surface area contributed by atoms with E-state index >= 15 is 0 Å². The molecule has 0 fully saturated rings. The van der Waals surface area contributed by atoms with Gasteiger partial charge in [0.1, 0.15) is 5.70 Å². The second kappa shape index (κ2) is 9.80. The zero-order valence-electron chi connectivity index (χ0n) is 15.5. The van der Waals surface area contributed by atoms with Crippen molar-refractivity contribution in [2.45, 2.75) is 13.8 Å². The molecule has 0 aliphatic carbocycles. The molecular weight excluding hydrogens is 426 g/mol. The van der Waals surface area contributed by atoms with Gasteiger partial charge in [-0.25, -0.2) is 0 Å². The summed E-state index contributed by atoms with van der Waals surface area (Å²) in [5.41, 5.74) is 1.02. The number of hydrogen-bond donors (Lipinski definition) is 1. The molecule has 146 valence electrons. The summed E-state index contributed by atoms with van der Waals surface area (Å²) in [6, 6.07) is 12.6. The normalized spacial score (nSPS) is 11.0. The highest BCUT2D eigenvalue weighted by Crippen LogP contribution is 2.16. The first-order chi connectivity index (χ1) is 13.3. The lowest BCUT2D eigenvalue weighted by molar-refractivity contribution is -0.384. The lowest BCUT2D eigenvalue weighted by atomic mass is 10.1. The number of nitro groups is 1. The Labute approximate surface area is 171 Å². The number of nitrogens with zero attached hydrogens (tertiary/aromatic N) is 2. The summed E-state index contributed by atoms with van der Waals surface area (Å²) in [4.78, 5) is 37.4. The van der Waals surface area contributed by atoms with Crippen LogP contribution in [0.25, 0.3) is 6.08 Å². The van der Waals surface area contributed by atoms with Crippen LogP contribution in [0.3, 0.4) is 0 Å². The first-order valence-corrected chi connectivity index (χ1v) is 9.47. The standard InChI is InChI=1S/C20H20BrN3O4/c1-3-23(4-2)20(26)18(12-14-8-10-17(11-9-14)24(27)28)22-19(25)15-6-5-7-16(21)13-15/h5-13H,3-4H2,1-2H3,(H,22,25). The zero-order valence-corrected chi connectivity index (χ0v) is 17.1. The van der Waals surface area contributed by atoms with E-state index in [1.54, 1.807) is 29.2 Å². The molecule has 0 heterocycles. The minimum Gasteiger partial charge on any atom is -0.338 e. The number of carbonyl (C=O) groups excluding carboxylic acids is 2. The molecule has 2 amide bonds. The highest BCUT2D eigenvalue weighted by atomic mass is 79.9. The quantitative estimate of drug-likeness (QED) is 0.396. The zero-order chi connectivity index (χ0) is 20.7. The van der Waals surface area contributed by atoms with Crippen LogP contribution in [0, 0.1) is 10.1 Å². The van der Waals surface area contributed by atoms with Gasteiger partial charge < -0.3 is 10.2 Å². The van der Waals surface area contributed by atoms with Crippen molar-refractivity contribution in [1.29, 1.82) is 0 Å². The largest absolute Gasteiger partial charge is 0.338 e. The number of carbonyl (C=O) groups is 2. The molecule has 28 heavy (non-hydrogen) atoms. The Balaban J connectivity index is 2.37. The predicted molar refractivity (Wildman–Crippen MR) is 111 cm³/mol. The third kappa shape index (κ3) is 5.50. The predicted octanol–water partition coefficient (Wildman–Crippen LogP) is 4.00. The van der Waals surface area contributed by atoms with Gasteiger partial charge in [-0.15, -0.1) is 0 Å². The number of amides is 2. The molecule has 0 atom stereocenters. The number of non-ortho nitro benzene ring substituents is 1. The van der Waals surface area contributed by atoms with Gasteiger partial charge in [-0.2, -0.15) is 0 Å². The lowest BCUT2D eigenvalue weighted by Crippen LogP contribution is -2.38. The number of hydrogen-bond acceptors (Lipinski definition) is 4. The van der Waals surface area contributed by atoms with E-state index in [0.717, 1.165) is 4.47 Å². The van der Waals surface area contributed by atoms with E-state index in [1.165, 1.54) is 30.3 Å². The maximum atomic E-state index is 12.8. The van der Waals surface area contributed by atoms with E-state index in [1.807, 2.05) is 13.8 Å². The molecular formula is C20H20BrN3O4. The molecule has 7 nitrogen and oxygen atoms in total. The average molecular weight is 446 g/mol. The fourth-order valence-corrected chi connectivity index (χ4v) is 2.91. The summed E-state index contributed by atoms with van der Waals surface area (Å²) in [6.45, 7) is 4.67. The van der Waals surface area contributed by atoms with Gasteiger partial charge >= 0.3 is 0 Å². The molecule has 2 aromatic rings. The summed E-state index contributed by atoms with van der Waals surface area (Å²) < 4.78 is 0.746. The molecule has 0 saturated heterocycles. The Bertz CT molecular complexity index is 906. The van der Waals surface area contributed by atoms with E-state index in [9.17, 15) is 19.7 Å². The molecule has 0 radical (unpaired) electrons. The molecule has 2 aromatic carbocycles. The molecule has 0 unspecified atom stereocenters. The van der Waals surface area contributed by atoms with Crippen molar-refractivity contribution in [3.63, 3.8) is 0 Å². The smallest absolute Gasteiger partial charge is 0.270 e. The van der Waals surface area contributed by atoms with E-state index in [2.05, 4.69) is 21.2 Å². The summed E-state index contributed by atoms with van der Waals surface area (Å²) in [7, 11) is 0. The molecule has 0 aromatic heterocycles. The fourth-order valence-electron chi connectivity index (χ4n) is 2.52. The first-order valence-electron chi connectivity index (χ1n) is 8.68. The van der Waals surface area contributed by atoms with Crippen molar-refractivity contribution in [3.05, 3.63) is 79.9 Å². The molecule has 8 heteroatoms. The molecule has 0 bridgehead atoms. The van der Waals surface area contributed by atoms with E-state index in [0.29, 0.717) is 24.2 Å². The van der Waals surface area contributed by atoms with Gasteiger partial charge in [0.05, 0.1) is 4.92 Å². The maximum Gasteiger partial charge on any atom is 0.270 e. The van der Waals surface area contributed by atoms with Crippen LogP contribution in [0.5, 0.6) is 0 Å². The molecule has 0 saturated carbocycles. The lowest BCUT2D eigenvalue weighted by Gasteiger charge is -2.21. The third-order valence-electron chi connectivity index (χ3n) is 4.03. The van der Waals surface area contributed by atoms with Gasteiger partial charge in [0, 0.05) is 35.3 Å². The number of nitrogens with one attached hydrogen (secondary N) is 1. The van der Waals surface area contributed by atoms with Crippen LogP contribution in [0.15, 0.2) is 58.7 Å². The Morgan fingerprint density at radius 3 is 2.32 bits per heavy atom. The van der Waals surface area contributed by atoms with Crippen LogP contribution in [-0.2, 0) is 4.79 Å². The van der Waals surface area contributed by atoms with Crippen molar-refractivity contribution in [3.8, 4) is 0 Å². The molecule has 0 spiro atoms. The second-order valence-corrected chi connectivity index (χ2v) is 6.76. The summed E-state index contributed by atoms with van der Waals surface area (Å²) >= 11 is 3.32. The van der Waals surface area contributed by atoms with Gasteiger partial charge in [0.25, 0.3) is 17.5 Å². The van der Waals surface area contributed by atoms with Crippen LogP contribution in [0.4, 0.5) is 5.69 Å². The monoisotopic (exact) mass is 445 g/mol. The van der Waals surface area contributed by atoms with Crippen molar-refractivity contribution >= 4 is 39.5 Å². The SMILES string of the molecule is CCN(CC)C(=O)C(=Cc1ccc([N+](=O)[O-])cc1)NC(=O)c1cccc(Br)c1. The Morgan fingerprint density at radius 2 is 1.79 bits per heavy atom. The minimum atomic E-state index is -0.496. The number of halogens is 1. The van der Waals surface area contributed by atoms with Crippen LogP contribution < -0.4 is 5.32 Å². The van der Waals surface area contributed by atoms with E-state index < -0.39 is 10.8 Å². The number of nitro benzene ring substituents is 1. The van der Waals surface area contributed by atoms with Crippen LogP contribution >= 0.6 is 15.9 Å². The number of likely N-dealkylation sites (N-methyl/N-ethyl adjacent to an activating group) is 1. The van der Waals surface area contributed by atoms with E-state index in [-0.39, 0.29) is 17.3 Å². The highest BCUT2D eigenvalue weighted by molar-refractivity contribution is 9.10. The fraction of sp³-hybridized carbons (Fsp3) is 0.200. The molecule has 0 aliphatic heterocycles. The van der Waals surface area contributed by atoms with Crippen LogP contribution in [0.1, 0.15) is 29.8 Å². The van der Waals surface area contributed by atoms with Crippen LogP contribution in [0.2, 0.25) is 0 Å². The summed E-state index contributed by atoms with van der Waals surface area (Å²) in [5, 5.41) is 13.5. The van der Waals surface area contributed by atoms with Crippen molar-refractivity contribution in [2.24, 2.45) is 0 Å².